The summed E-state index contributed by atoms with van der Waals surface area (Å²) in [4.78, 5) is 19.3. The number of carbonyl (C=O) groups is 1. The average Bonchev–Trinajstić information content (AvgIpc) is 3.08. The first-order valence-corrected chi connectivity index (χ1v) is 11.8. The highest BCUT2D eigenvalue weighted by atomic mass is 35.5. The number of rotatable bonds is 7. The zero-order valence-corrected chi connectivity index (χ0v) is 20.1. The molecule has 0 bridgehead atoms. The van der Waals surface area contributed by atoms with Crippen molar-refractivity contribution < 1.29 is 4.79 Å². The van der Waals surface area contributed by atoms with Crippen molar-refractivity contribution in [2.75, 3.05) is 13.1 Å². The average molecular weight is 484 g/mol. The third-order valence-electron chi connectivity index (χ3n) is 5.80. The van der Waals surface area contributed by atoms with E-state index in [0.717, 1.165) is 55.0 Å². The molecule has 1 fully saturated rings. The monoisotopic (exact) mass is 483 g/mol. The Labute approximate surface area is 204 Å². The molecule has 1 aromatic carbocycles. The molecule has 1 N–H and O–H groups in total. The zero-order chi connectivity index (χ0) is 23.2. The number of benzene rings is 1. The first-order valence-electron chi connectivity index (χ1n) is 11.1. The summed E-state index contributed by atoms with van der Waals surface area (Å²) in [6.07, 6.45) is 6.96. The third kappa shape index (κ3) is 6.44. The van der Waals surface area contributed by atoms with E-state index in [-0.39, 0.29) is 11.9 Å². The summed E-state index contributed by atoms with van der Waals surface area (Å²) in [5, 5.41) is 8.83. The fourth-order valence-electron chi connectivity index (χ4n) is 3.99. The Morgan fingerprint density at radius 3 is 2.58 bits per heavy atom. The molecular formula is C25H27Cl2N5O. The van der Waals surface area contributed by atoms with Gasteiger partial charge in [0.25, 0.3) is 0 Å². The molecule has 8 heteroatoms. The molecule has 3 heterocycles. The number of halogens is 2. The van der Waals surface area contributed by atoms with Gasteiger partial charge >= 0.3 is 0 Å². The van der Waals surface area contributed by atoms with Crippen molar-refractivity contribution in [1.82, 2.24) is 25.0 Å². The highest BCUT2D eigenvalue weighted by Gasteiger charge is 2.20. The Morgan fingerprint density at radius 1 is 1.12 bits per heavy atom. The van der Waals surface area contributed by atoms with E-state index in [0.29, 0.717) is 16.7 Å². The van der Waals surface area contributed by atoms with E-state index >= 15 is 0 Å². The lowest BCUT2D eigenvalue weighted by Gasteiger charge is -2.31. The summed E-state index contributed by atoms with van der Waals surface area (Å²) in [5.74, 6) is -0.112. The number of nitrogens with one attached hydrogen (secondary N) is 1. The van der Waals surface area contributed by atoms with Crippen LogP contribution in [0.15, 0.2) is 54.7 Å². The molecule has 172 valence electrons. The Bertz CT molecular complexity index is 1100. The van der Waals surface area contributed by atoms with Crippen molar-refractivity contribution in [1.29, 1.82) is 0 Å². The summed E-state index contributed by atoms with van der Waals surface area (Å²) in [6.45, 7) is 5.15. The molecule has 0 spiro atoms. The predicted molar refractivity (Wildman–Crippen MR) is 132 cm³/mol. The normalized spacial score (nSPS) is 15.2. The van der Waals surface area contributed by atoms with Crippen LogP contribution in [0, 0.1) is 6.92 Å². The second-order valence-electron chi connectivity index (χ2n) is 8.29. The fraction of sp³-hybridized carbons (Fsp3) is 0.320. The summed E-state index contributed by atoms with van der Waals surface area (Å²) < 4.78 is 1.73. The number of amides is 1. The van der Waals surface area contributed by atoms with E-state index < -0.39 is 0 Å². The first kappa shape index (κ1) is 23.5. The molecule has 6 nitrogen and oxygen atoms in total. The second-order valence-corrected chi connectivity index (χ2v) is 9.08. The van der Waals surface area contributed by atoms with Crippen molar-refractivity contribution >= 4 is 35.2 Å². The summed E-state index contributed by atoms with van der Waals surface area (Å²) in [5.41, 5.74) is 3.66. The second kappa shape index (κ2) is 11.0. The molecule has 0 saturated carbocycles. The Kier molecular flexibility index (Phi) is 7.81. The smallest absolute Gasteiger partial charge is 0.244 e. The largest absolute Gasteiger partial charge is 0.350 e. The van der Waals surface area contributed by atoms with Crippen molar-refractivity contribution in [2.24, 2.45) is 0 Å². The van der Waals surface area contributed by atoms with Crippen LogP contribution >= 0.6 is 23.2 Å². The Hall–Kier alpha value is -2.67. The minimum absolute atomic E-state index is 0.112. The maximum Gasteiger partial charge on any atom is 0.244 e. The number of hydrogen-bond donors (Lipinski definition) is 1. The molecule has 1 aliphatic rings. The SMILES string of the molecule is Cc1nn(Cc2ccc(Cl)cc2)c(Cl)c1/C=C/C(=O)NC1CCN(Cc2ccccn2)CC1. The number of hydrogen-bond acceptors (Lipinski definition) is 4. The van der Waals surface area contributed by atoms with E-state index in [9.17, 15) is 4.79 Å². The zero-order valence-electron chi connectivity index (χ0n) is 18.5. The number of nitrogens with zero attached hydrogens (tertiary/aromatic N) is 4. The van der Waals surface area contributed by atoms with Crippen molar-refractivity contribution in [2.45, 2.75) is 38.9 Å². The van der Waals surface area contributed by atoms with Gasteiger partial charge in [0, 0.05) is 48.5 Å². The van der Waals surface area contributed by atoms with Crippen molar-refractivity contribution in [3.05, 3.63) is 87.4 Å². The van der Waals surface area contributed by atoms with Gasteiger partial charge in [-0.15, -0.1) is 0 Å². The van der Waals surface area contributed by atoms with Gasteiger partial charge in [0.2, 0.25) is 5.91 Å². The van der Waals surface area contributed by atoms with Gasteiger partial charge < -0.3 is 5.32 Å². The first-order chi connectivity index (χ1) is 16.0. The van der Waals surface area contributed by atoms with Crippen LogP contribution in [0.25, 0.3) is 6.08 Å². The number of aromatic nitrogens is 3. The molecule has 0 atom stereocenters. The maximum atomic E-state index is 12.5. The standard InChI is InChI=1S/C25H27Cl2N5O/c1-18-23(25(27)32(30-18)16-19-5-7-20(26)8-6-19)9-10-24(33)29-21-11-14-31(15-12-21)17-22-4-2-3-13-28-22/h2-10,13,21H,11-12,14-17H2,1H3,(H,29,33)/b10-9+. The van der Waals surface area contributed by atoms with Gasteiger partial charge in [-0.2, -0.15) is 5.10 Å². The number of piperidine rings is 1. The van der Waals surface area contributed by atoms with Gasteiger partial charge in [0.1, 0.15) is 5.15 Å². The highest BCUT2D eigenvalue weighted by Crippen LogP contribution is 2.23. The number of likely N-dealkylation sites (tertiary alicyclic amines) is 1. The molecule has 3 aromatic rings. The summed E-state index contributed by atoms with van der Waals surface area (Å²) in [7, 11) is 0. The quantitative estimate of drug-likeness (QED) is 0.493. The van der Waals surface area contributed by atoms with Crippen LogP contribution in [-0.4, -0.2) is 44.7 Å². The number of carbonyl (C=O) groups excluding carboxylic acids is 1. The molecular weight excluding hydrogens is 457 g/mol. The predicted octanol–water partition coefficient (Wildman–Crippen LogP) is 4.74. The van der Waals surface area contributed by atoms with E-state index in [4.69, 9.17) is 23.2 Å². The van der Waals surface area contributed by atoms with E-state index in [2.05, 4.69) is 20.3 Å². The van der Waals surface area contributed by atoms with Crippen LogP contribution < -0.4 is 5.32 Å². The van der Waals surface area contributed by atoms with Gasteiger partial charge in [-0.3, -0.25) is 14.7 Å². The topological polar surface area (TPSA) is 63.1 Å². The molecule has 4 rings (SSSR count). The lowest BCUT2D eigenvalue weighted by atomic mass is 10.0. The molecule has 33 heavy (non-hydrogen) atoms. The minimum Gasteiger partial charge on any atom is -0.350 e. The van der Waals surface area contributed by atoms with E-state index in [1.165, 1.54) is 0 Å². The van der Waals surface area contributed by atoms with Crippen LogP contribution in [-0.2, 0) is 17.9 Å². The molecule has 1 amide bonds. The van der Waals surface area contributed by atoms with Crippen molar-refractivity contribution in [3.8, 4) is 0 Å². The summed E-state index contributed by atoms with van der Waals surface area (Å²) in [6, 6.07) is 13.7. The van der Waals surface area contributed by atoms with Crippen LogP contribution in [0.4, 0.5) is 0 Å². The van der Waals surface area contributed by atoms with E-state index in [1.54, 1.807) is 16.8 Å². The Morgan fingerprint density at radius 2 is 1.88 bits per heavy atom. The molecule has 1 saturated heterocycles. The molecule has 0 unspecified atom stereocenters. The van der Waals surface area contributed by atoms with Gasteiger partial charge in [0.15, 0.2) is 0 Å². The molecule has 2 aromatic heterocycles. The molecule has 0 aliphatic carbocycles. The van der Waals surface area contributed by atoms with Crippen molar-refractivity contribution in [3.63, 3.8) is 0 Å². The van der Waals surface area contributed by atoms with Crippen LogP contribution in [0.5, 0.6) is 0 Å². The highest BCUT2D eigenvalue weighted by molar-refractivity contribution is 6.31. The summed E-state index contributed by atoms with van der Waals surface area (Å²) >= 11 is 12.5. The van der Waals surface area contributed by atoms with Gasteiger partial charge in [-0.25, -0.2) is 4.68 Å². The van der Waals surface area contributed by atoms with Gasteiger partial charge in [-0.05, 0) is 55.7 Å². The number of aryl methyl sites for hydroxylation is 1. The van der Waals surface area contributed by atoms with Crippen LogP contribution in [0.3, 0.4) is 0 Å². The molecule has 0 radical (unpaired) electrons. The Balaban J connectivity index is 1.29. The molecule has 1 aliphatic heterocycles. The van der Waals surface area contributed by atoms with Gasteiger partial charge in [0.05, 0.1) is 17.9 Å². The lowest BCUT2D eigenvalue weighted by molar-refractivity contribution is -0.117. The van der Waals surface area contributed by atoms with Crippen LogP contribution in [0.1, 0.15) is 35.4 Å². The fourth-order valence-corrected chi connectivity index (χ4v) is 4.41. The number of pyridine rings is 1. The van der Waals surface area contributed by atoms with E-state index in [1.807, 2.05) is 55.6 Å². The minimum atomic E-state index is -0.112. The van der Waals surface area contributed by atoms with Crippen LogP contribution in [0.2, 0.25) is 10.2 Å². The van der Waals surface area contributed by atoms with Gasteiger partial charge in [-0.1, -0.05) is 41.4 Å². The maximum absolute atomic E-state index is 12.5. The lowest BCUT2D eigenvalue weighted by Crippen LogP contribution is -2.43. The third-order valence-corrected chi connectivity index (χ3v) is 6.45.